The number of hydrogen-bond donors (Lipinski definition) is 2. The van der Waals surface area contributed by atoms with Gasteiger partial charge in [0.15, 0.2) is 5.57 Å². The van der Waals surface area contributed by atoms with Crippen LogP contribution in [0.25, 0.3) is 5.57 Å². The number of aliphatic hydroxyl groups is 2. The Morgan fingerprint density at radius 3 is 2.21 bits per heavy atom. The zero-order valence-electron chi connectivity index (χ0n) is 15.4. The Morgan fingerprint density at radius 2 is 1.75 bits per heavy atom. The van der Waals surface area contributed by atoms with E-state index in [0.29, 0.717) is 18.7 Å². The number of aliphatic hydroxyl groups excluding tert-OH is 2. The summed E-state index contributed by atoms with van der Waals surface area (Å²) in [5.74, 6) is -0.543. The van der Waals surface area contributed by atoms with Crippen LogP contribution in [-0.4, -0.2) is 53.9 Å². The molecular formula is C20H19N5O3. The second-order valence-corrected chi connectivity index (χ2v) is 5.84. The Bertz CT molecular complexity index is 926. The summed E-state index contributed by atoms with van der Waals surface area (Å²) < 4.78 is 0. The van der Waals surface area contributed by atoms with Crippen molar-refractivity contribution in [2.75, 3.05) is 37.7 Å². The van der Waals surface area contributed by atoms with Gasteiger partial charge in [-0.1, -0.05) is 12.1 Å². The summed E-state index contributed by atoms with van der Waals surface area (Å²) in [6, 6.07) is 12.3. The van der Waals surface area contributed by atoms with Gasteiger partial charge in [-0.3, -0.25) is 4.79 Å². The maximum atomic E-state index is 12.9. The highest BCUT2D eigenvalue weighted by Crippen LogP contribution is 2.37. The van der Waals surface area contributed by atoms with E-state index in [1.165, 1.54) is 0 Å². The molecule has 1 amide bonds. The molecule has 0 bridgehead atoms. The number of amides is 1. The van der Waals surface area contributed by atoms with E-state index in [2.05, 4.69) is 0 Å². The van der Waals surface area contributed by atoms with Crippen LogP contribution in [0, 0.1) is 34.0 Å². The Labute approximate surface area is 163 Å². The van der Waals surface area contributed by atoms with Gasteiger partial charge in [0.25, 0.3) is 5.91 Å². The average Bonchev–Trinajstić information content (AvgIpc) is 2.99. The van der Waals surface area contributed by atoms with Crippen LogP contribution in [-0.2, 0) is 4.79 Å². The zero-order chi connectivity index (χ0) is 20.7. The number of carbonyl (C=O) groups is 1. The normalized spacial score (nSPS) is 13.2. The molecule has 1 aliphatic rings. The van der Waals surface area contributed by atoms with Crippen LogP contribution < -0.4 is 4.90 Å². The molecule has 0 saturated carbocycles. The predicted octanol–water partition coefficient (Wildman–Crippen LogP) is 0.918. The molecule has 0 aliphatic carbocycles. The van der Waals surface area contributed by atoms with Crippen molar-refractivity contribution in [1.82, 2.24) is 4.90 Å². The Balaban J connectivity index is 2.60. The highest BCUT2D eigenvalue weighted by Gasteiger charge is 2.38. The molecule has 1 heterocycles. The van der Waals surface area contributed by atoms with Crippen LogP contribution in [0.4, 0.5) is 5.69 Å². The Hall–Kier alpha value is -3.64. The number of rotatable bonds is 7. The summed E-state index contributed by atoms with van der Waals surface area (Å²) in [4.78, 5) is 15.9. The molecule has 2 rings (SSSR count). The van der Waals surface area contributed by atoms with Crippen molar-refractivity contribution in [3.05, 3.63) is 46.7 Å². The van der Waals surface area contributed by atoms with Crippen LogP contribution in [0.3, 0.4) is 0 Å². The molecular weight excluding hydrogens is 358 g/mol. The third kappa shape index (κ3) is 3.72. The van der Waals surface area contributed by atoms with Crippen LogP contribution in [0.1, 0.15) is 12.5 Å². The van der Waals surface area contributed by atoms with Crippen molar-refractivity contribution in [3.63, 3.8) is 0 Å². The highest BCUT2D eigenvalue weighted by atomic mass is 16.3. The molecule has 0 spiro atoms. The van der Waals surface area contributed by atoms with E-state index in [-0.39, 0.29) is 42.2 Å². The maximum Gasteiger partial charge on any atom is 0.260 e. The fourth-order valence-electron chi connectivity index (χ4n) is 3.11. The number of likely N-dealkylation sites (N-methyl/N-ethyl adjacent to an activating group) is 1. The first-order valence-electron chi connectivity index (χ1n) is 8.66. The molecule has 0 radical (unpaired) electrons. The predicted molar refractivity (Wildman–Crippen MR) is 101 cm³/mol. The first-order valence-corrected chi connectivity index (χ1v) is 8.66. The zero-order valence-corrected chi connectivity index (χ0v) is 15.4. The van der Waals surface area contributed by atoms with E-state index in [9.17, 15) is 25.7 Å². The number of nitriles is 3. The second-order valence-electron chi connectivity index (χ2n) is 5.84. The van der Waals surface area contributed by atoms with E-state index >= 15 is 0 Å². The van der Waals surface area contributed by atoms with Crippen molar-refractivity contribution in [2.45, 2.75) is 6.92 Å². The molecule has 1 aliphatic heterocycles. The SMILES string of the molecule is CCN(CCO)c1ccc(C2=C(C#N)C(=C(C#N)C#N)N(CCO)C2=O)cc1. The van der Waals surface area contributed by atoms with Gasteiger partial charge in [0.2, 0.25) is 0 Å². The molecule has 8 nitrogen and oxygen atoms in total. The third-order valence-corrected chi connectivity index (χ3v) is 4.38. The van der Waals surface area contributed by atoms with Crippen molar-refractivity contribution >= 4 is 17.2 Å². The Morgan fingerprint density at radius 1 is 1.11 bits per heavy atom. The number of carbonyl (C=O) groups excluding carboxylic acids is 1. The largest absolute Gasteiger partial charge is 0.395 e. The number of anilines is 1. The lowest BCUT2D eigenvalue weighted by molar-refractivity contribution is -0.122. The summed E-state index contributed by atoms with van der Waals surface area (Å²) in [7, 11) is 0. The van der Waals surface area contributed by atoms with Gasteiger partial charge in [0.05, 0.1) is 30.1 Å². The quantitative estimate of drug-likeness (QED) is 0.674. The fraction of sp³-hybridized carbons (Fsp3) is 0.300. The molecule has 0 atom stereocenters. The fourth-order valence-corrected chi connectivity index (χ4v) is 3.11. The number of benzene rings is 1. The van der Waals surface area contributed by atoms with E-state index < -0.39 is 5.91 Å². The van der Waals surface area contributed by atoms with E-state index in [4.69, 9.17) is 5.11 Å². The number of nitrogens with zero attached hydrogens (tertiary/aromatic N) is 5. The first-order chi connectivity index (χ1) is 13.6. The van der Waals surface area contributed by atoms with Gasteiger partial charge in [-0.15, -0.1) is 0 Å². The Kier molecular flexibility index (Phi) is 6.90. The monoisotopic (exact) mass is 377 g/mol. The van der Waals surface area contributed by atoms with E-state index in [1.807, 2.05) is 17.9 Å². The van der Waals surface area contributed by atoms with Gasteiger partial charge < -0.3 is 20.0 Å². The number of β-amino-alcohol motifs (C(OH)–C–C–N with tert-alkyl or cyclic N) is 1. The number of hydrogen-bond acceptors (Lipinski definition) is 7. The lowest BCUT2D eigenvalue weighted by atomic mass is 9.99. The minimum atomic E-state index is -0.543. The molecule has 2 N–H and O–H groups in total. The van der Waals surface area contributed by atoms with Crippen LogP contribution in [0.5, 0.6) is 0 Å². The van der Waals surface area contributed by atoms with Gasteiger partial charge in [-0.25, -0.2) is 0 Å². The van der Waals surface area contributed by atoms with E-state index in [0.717, 1.165) is 10.6 Å². The molecule has 1 aromatic carbocycles. The van der Waals surface area contributed by atoms with Crippen molar-refractivity contribution < 1.29 is 15.0 Å². The van der Waals surface area contributed by atoms with Gasteiger partial charge in [-0.2, -0.15) is 15.8 Å². The third-order valence-electron chi connectivity index (χ3n) is 4.38. The first kappa shape index (κ1) is 20.7. The van der Waals surface area contributed by atoms with Crippen molar-refractivity contribution in [2.24, 2.45) is 0 Å². The smallest absolute Gasteiger partial charge is 0.260 e. The molecule has 0 aromatic heterocycles. The van der Waals surface area contributed by atoms with Gasteiger partial charge >= 0.3 is 0 Å². The highest BCUT2D eigenvalue weighted by molar-refractivity contribution is 6.25. The maximum absolute atomic E-state index is 12.9. The van der Waals surface area contributed by atoms with Gasteiger partial charge in [0.1, 0.15) is 18.2 Å². The van der Waals surface area contributed by atoms with Crippen molar-refractivity contribution in [1.29, 1.82) is 15.8 Å². The summed E-state index contributed by atoms with van der Waals surface area (Å²) in [6.07, 6.45) is 0. The minimum Gasteiger partial charge on any atom is -0.395 e. The lowest BCUT2D eigenvalue weighted by Gasteiger charge is -2.22. The average molecular weight is 377 g/mol. The summed E-state index contributed by atoms with van der Waals surface area (Å²) in [6.45, 7) is 2.61. The van der Waals surface area contributed by atoms with Crippen LogP contribution in [0.15, 0.2) is 41.1 Å². The van der Waals surface area contributed by atoms with Crippen molar-refractivity contribution in [3.8, 4) is 18.2 Å². The van der Waals surface area contributed by atoms with E-state index in [1.54, 1.807) is 36.4 Å². The topological polar surface area (TPSA) is 135 Å². The van der Waals surface area contributed by atoms with Crippen LogP contribution >= 0.6 is 0 Å². The summed E-state index contributed by atoms with van der Waals surface area (Å²) in [5, 5.41) is 46.5. The summed E-state index contributed by atoms with van der Waals surface area (Å²) >= 11 is 0. The molecule has 8 heteroatoms. The minimum absolute atomic E-state index is 0.00712. The van der Waals surface area contributed by atoms with Crippen LogP contribution in [0.2, 0.25) is 0 Å². The standard InChI is InChI=1S/C20H19N5O3/c1-2-24(7-9-26)16-5-3-14(4-6-16)18-17(13-23)19(15(11-21)12-22)25(8-10-27)20(18)28/h3-6,26-27H,2,7-10H2,1H3. The van der Waals surface area contributed by atoms with Gasteiger partial charge in [0, 0.05) is 25.3 Å². The molecule has 0 saturated heterocycles. The molecule has 142 valence electrons. The molecule has 28 heavy (non-hydrogen) atoms. The molecule has 0 fully saturated rings. The van der Waals surface area contributed by atoms with Gasteiger partial charge in [-0.05, 0) is 24.6 Å². The summed E-state index contributed by atoms with van der Waals surface area (Å²) in [5.41, 5.74) is 0.921. The lowest BCUT2D eigenvalue weighted by Crippen LogP contribution is -2.29. The second kappa shape index (κ2) is 9.34. The molecule has 0 unspecified atom stereocenters. The molecule has 1 aromatic rings. The number of allylic oxidation sites excluding steroid dienone is 2.